The number of benzene rings is 1. The molecule has 0 aliphatic carbocycles. The van der Waals surface area contributed by atoms with Crippen LogP contribution >= 0.6 is 24.0 Å². The Hall–Kier alpha value is -2.10. The zero-order chi connectivity index (χ0) is 20.3. The van der Waals surface area contributed by atoms with Gasteiger partial charge >= 0.3 is 0 Å². The van der Waals surface area contributed by atoms with Crippen molar-refractivity contribution in [1.29, 1.82) is 0 Å². The molecule has 2 aromatic rings. The van der Waals surface area contributed by atoms with Crippen LogP contribution in [0.15, 0.2) is 41.7 Å². The number of anilines is 1. The van der Waals surface area contributed by atoms with E-state index in [1.165, 1.54) is 11.1 Å². The number of rotatable bonds is 4. The second-order valence-corrected chi connectivity index (χ2v) is 7.99. The van der Waals surface area contributed by atoms with Gasteiger partial charge in [-0.25, -0.2) is 0 Å². The van der Waals surface area contributed by atoms with E-state index >= 15 is 0 Å². The van der Waals surface area contributed by atoms with Crippen LogP contribution in [0.2, 0.25) is 0 Å². The molecule has 1 amide bonds. The number of hydrogen-bond donors (Lipinski definition) is 1. The molecule has 7 nitrogen and oxygen atoms in total. The number of guanidine groups is 1. The van der Waals surface area contributed by atoms with Gasteiger partial charge < -0.3 is 15.1 Å². The molecule has 0 saturated carbocycles. The molecule has 1 aromatic carbocycles. The Bertz CT molecular complexity index is 876. The fourth-order valence-corrected chi connectivity index (χ4v) is 3.48. The van der Waals surface area contributed by atoms with Crippen molar-refractivity contribution in [3.8, 4) is 0 Å². The predicted octanol–water partition coefficient (Wildman–Crippen LogP) is 2.55. The number of halogens is 1. The van der Waals surface area contributed by atoms with Crippen LogP contribution in [0.5, 0.6) is 0 Å². The molecule has 1 aliphatic rings. The Labute approximate surface area is 190 Å². The largest absolute Gasteiger partial charge is 0.355 e. The normalized spacial score (nSPS) is 15.3. The Balaban J connectivity index is 0.00000300. The maximum Gasteiger partial charge on any atom is 0.246 e. The van der Waals surface area contributed by atoms with Gasteiger partial charge in [-0.2, -0.15) is 5.10 Å². The van der Waals surface area contributed by atoms with Crippen LogP contribution in [-0.2, 0) is 17.3 Å². The van der Waals surface area contributed by atoms with Crippen LogP contribution in [0.25, 0.3) is 0 Å². The third kappa shape index (κ3) is 5.49. The fraction of sp³-hybridized carbons (Fsp3) is 0.476. The highest BCUT2D eigenvalue weighted by molar-refractivity contribution is 14.0. The SMILES string of the molecule is CN=C(NCC(C)(C)c1cccc(C)c1)N1CCN(c2cnn(C)c2)C(=O)C1.I. The van der Waals surface area contributed by atoms with Crippen LogP contribution in [0.1, 0.15) is 25.0 Å². The number of piperazine rings is 1. The highest BCUT2D eigenvalue weighted by Gasteiger charge is 2.29. The van der Waals surface area contributed by atoms with E-state index in [1.54, 1.807) is 22.8 Å². The molecule has 1 aliphatic heterocycles. The molecular weight excluding hydrogens is 479 g/mol. The summed E-state index contributed by atoms with van der Waals surface area (Å²) < 4.78 is 1.71. The molecule has 1 fully saturated rings. The molecule has 8 heteroatoms. The van der Waals surface area contributed by atoms with Crippen molar-refractivity contribution < 1.29 is 4.79 Å². The van der Waals surface area contributed by atoms with Crippen molar-refractivity contribution in [2.45, 2.75) is 26.2 Å². The number of aryl methyl sites for hydroxylation is 2. The lowest BCUT2D eigenvalue weighted by atomic mass is 9.84. The standard InChI is InChI=1S/C21H30N6O.HI/c1-16-7-6-8-17(11-16)21(2,3)15-23-20(22-4)26-9-10-27(19(28)14-26)18-12-24-25(5)13-18;/h6-8,11-13H,9-10,14-15H2,1-5H3,(H,22,23);1H. The number of nitrogens with zero attached hydrogens (tertiary/aromatic N) is 5. The molecule has 0 atom stereocenters. The first-order valence-electron chi connectivity index (χ1n) is 9.62. The summed E-state index contributed by atoms with van der Waals surface area (Å²) >= 11 is 0. The molecule has 29 heavy (non-hydrogen) atoms. The van der Waals surface area contributed by atoms with Crippen LogP contribution in [0.4, 0.5) is 5.69 Å². The van der Waals surface area contributed by atoms with Crippen molar-refractivity contribution in [3.05, 3.63) is 47.8 Å². The van der Waals surface area contributed by atoms with Crippen molar-refractivity contribution in [2.24, 2.45) is 12.0 Å². The average molecular weight is 510 g/mol. The average Bonchev–Trinajstić information content (AvgIpc) is 3.08. The van der Waals surface area contributed by atoms with Crippen LogP contribution in [0.3, 0.4) is 0 Å². The molecule has 3 rings (SSSR count). The van der Waals surface area contributed by atoms with Gasteiger partial charge in [-0.05, 0) is 12.5 Å². The number of aromatic nitrogens is 2. The van der Waals surface area contributed by atoms with Crippen LogP contribution < -0.4 is 10.2 Å². The quantitative estimate of drug-likeness (QED) is 0.390. The van der Waals surface area contributed by atoms with E-state index in [-0.39, 0.29) is 35.3 Å². The van der Waals surface area contributed by atoms with E-state index in [4.69, 9.17) is 0 Å². The fourth-order valence-electron chi connectivity index (χ4n) is 3.48. The van der Waals surface area contributed by atoms with Gasteiger partial charge in [0, 0.05) is 45.3 Å². The molecule has 0 radical (unpaired) electrons. The Morgan fingerprint density at radius 2 is 2.07 bits per heavy atom. The lowest BCUT2D eigenvalue weighted by Crippen LogP contribution is -2.56. The molecule has 1 saturated heterocycles. The van der Waals surface area contributed by atoms with E-state index in [0.717, 1.165) is 24.7 Å². The van der Waals surface area contributed by atoms with E-state index < -0.39 is 0 Å². The first-order chi connectivity index (χ1) is 13.3. The monoisotopic (exact) mass is 510 g/mol. The third-order valence-electron chi connectivity index (χ3n) is 5.22. The summed E-state index contributed by atoms with van der Waals surface area (Å²) in [7, 11) is 3.62. The Morgan fingerprint density at radius 1 is 1.31 bits per heavy atom. The van der Waals surface area contributed by atoms with Gasteiger partial charge in [-0.1, -0.05) is 43.7 Å². The molecular formula is C21H31IN6O. The maximum absolute atomic E-state index is 12.7. The van der Waals surface area contributed by atoms with E-state index in [2.05, 4.69) is 60.4 Å². The third-order valence-corrected chi connectivity index (χ3v) is 5.22. The Morgan fingerprint density at radius 3 is 2.66 bits per heavy atom. The van der Waals surface area contributed by atoms with Crippen LogP contribution in [0, 0.1) is 6.92 Å². The highest BCUT2D eigenvalue weighted by Crippen LogP contribution is 2.23. The second-order valence-electron chi connectivity index (χ2n) is 7.99. The van der Waals surface area contributed by atoms with E-state index in [1.807, 2.05) is 18.1 Å². The second kappa shape index (κ2) is 9.60. The van der Waals surface area contributed by atoms with Gasteiger partial charge in [-0.15, -0.1) is 24.0 Å². The smallest absolute Gasteiger partial charge is 0.246 e. The van der Waals surface area contributed by atoms with Crippen LogP contribution in [-0.4, -0.2) is 59.8 Å². The van der Waals surface area contributed by atoms with Crippen molar-refractivity contribution in [1.82, 2.24) is 20.0 Å². The number of hydrogen-bond acceptors (Lipinski definition) is 3. The van der Waals surface area contributed by atoms with Crippen molar-refractivity contribution in [3.63, 3.8) is 0 Å². The summed E-state index contributed by atoms with van der Waals surface area (Å²) in [5.41, 5.74) is 3.33. The number of carbonyl (C=O) groups is 1. The summed E-state index contributed by atoms with van der Waals surface area (Å²) in [6.45, 7) is 8.93. The first-order valence-corrected chi connectivity index (χ1v) is 9.62. The predicted molar refractivity (Wildman–Crippen MR) is 128 cm³/mol. The van der Waals surface area contributed by atoms with Gasteiger partial charge in [0.15, 0.2) is 5.96 Å². The number of aliphatic imine (C=N–C) groups is 1. The summed E-state index contributed by atoms with van der Waals surface area (Å²) in [6, 6.07) is 8.59. The molecule has 0 bridgehead atoms. The molecule has 0 unspecified atom stereocenters. The number of carbonyl (C=O) groups excluding carboxylic acids is 1. The molecule has 1 N–H and O–H groups in total. The zero-order valence-electron chi connectivity index (χ0n) is 17.8. The van der Waals surface area contributed by atoms with Gasteiger partial charge in [-0.3, -0.25) is 14.5 Å². The van der Waals surface area contributed by atoms with Crippen molar-refractivity contribution >= 4 is 41.5 Å². The van der Waals surface area contributed by atoms with Gasteiger partial charge in [0.1, 0.15) is 6.54 Å². The number of amides is 1. The summed E-state index contributed by atoms with van der Waals surface area (Å²) in [5.74, 6) is 0.819. The molecule has 0 spiro atoms. The Kier molecular flexibility index (Phi) is 7.67. The van der Waals surface area contributed by atoms with Crippen molar-refractivity contribution in [2.75, 3.05) is 38.1 Å². The summed E-state index contributed by atoms with van der Waals surface area (Å²) in [5, 5.41) is 7.63. The van der Waals surface area contributed by atoms with E-state index in [9.17, 15) is 4.79 Å². The minimum atomic E-state index is -0.0521. The van der Waals surface area contributed by atoms with Gasteiger partial charge in [0.25, 0.3) is 0 Å². The summed E-state index contributed by atoms with van der Waals surface area (Å²) in [6.07, 6.45) is 3.59. The molecule has 2 heterocycles. The minimum absolute atomic E-state index is 0. The summed E-state index contributed by atoms with van der Waals surface area (Å²) in [4.78, 5) is 20.9. The lowest BCUT2D eigenvalue weighted by molar-refractivity contribution is -0.120. The van der Waals surface area contributed by atoms with Gasteiger partial charge in [0.2, 0.25) is 5.91 Å². The first kappa shape index (κ1) is 23.2. The maximum atomic E-state index is 12.7. The minimum Gasteiger partial charge on any atom is -0.355 e. The van der Waals surface area contributed by atoms with E-state index in [0.29, 0.717) is 13.1 Å². The topological polar surface area (TPSA) is 65.8 Å². The highest BCUT2D eigenvalue weighted by atomic mass is 127. The molecule has 1 aromatic heterocycles. The zero-order valence-corrected chi connectivity index (χ0v) is 20.2. The number of nitrogens with one attached hydrogen (secondary N) is 1. The van der Waals surface area contributed by atoms with Gasteiger partial charge in [0.05, 0.1) is 11.9 Å². The lowest BCUT2D eigenvalue weighted by Gasteiger charge is -2.36. The molecule has 158 valence electrons.